The fraction of sp³-hybridized carbons (Fsp3) is 0.0667. The van der Waals surface area contributed by atoms with Gasteiger partial charge in [-0.3, -0.25) is 0 Å². The van der Waals surface area contributed by atoms with Crippen LogP contribution in [0.15, 0.2) is 52.1 Å². The molecule has 98 valence electrons. The summed E-state index contributed by atoms with van der Waals surface area (Å²) in [5.74, 6) is 0.744. The van der Waals surface area contributed by atoms with Gasteiger partial charge in [0.2, 0.25) is 0 Å². The number of hydrogen-bond acceptors (Lipinski definition) is 5. The zero-order chi connectivity index (χ0) is 13.9. The number of nitriles is 1. The van der Waals surface area contributed by atoms with E-state index in [0.717, 1.165) is 22.4 Å². The second-order valence-corrected chi connectivity index (χ2v) is 5.23. The summed E-state index contributed by atoms with van der Waals surface area (Å²) in [4.78, 5) is 4.39. The number of oxazole rings is 1. The van der Waals surface area contributed by atoms with Crippen molar-refractivity contribution in [1.29, 1.82) is 5.26 Å². The summed E-state index contributed by atoms with van der Waals surface area (Å²) in [7, 11) is 0. The number of benzene rings is 2. The number of fused-ring (bicyclic) bond motifs is 1. The highest BCUT2D eigenvalue weighted by atomic mass is 32.2. The molecule has 0 radical (unpaired) electrons. The Labute approximate surface area is 120 Å². The average molecular weight is 281 g/mol. The monoisotopic (exact) mass is 281 g/mol. The number of hydrogen-bond donors (Lipinski definition) is 1. The topological polar surface area (TPSA) is 75.8 Å². The van der Waals surface area contributed by atoms with Gasteiger partial charge in [0.15, 0.2) is 5.58 Å². The number of anilines is 1. The van der Waals surface area contributed by atoms with Crippen molar-refractivity contribution in [3.05, 3.63) is 53.6 Å². The molecule has 0 amide bonds. The van der Waals surface area contributed by atoms with Crippen molar-refractivity contribution in [3.63, 3.8) is 0 Å². The van der Waals surface area contributed by atoms with Gasteiger partial charge in [0.05, 0.1) is 11.6 Å². The van der Waals surface area contributed by atoms with Gasteiger partial charge in [-0.25, -0.2) is 4.98 Å². The Hall–Kier alpha value is -2.45. The maximum Gasteiger partial charge on any atom is 0.257 e. The molecule has 3 rings (SSSR count). The van der Waals surface area contributed by atoms with E-state index in [0.29, 0.717) is 16.5 Å². The van der Waals surface area contributed by atoms with Crippen LogP contribution in [0, 0.1) is 11.3 Å². The average Bonchev–Trinajstić information content (AvgIpc) is 2.87. The first-order chi connectivity index (χ1) is 9.74. The molecule has 0 saturated carbocycles. The van der Waals surface area contributed by atoms with E-state index < -0.39 is 0 Å². The number of nitrogen functional groups attached to an aromatic ring is 1. The zero-order valence-corrected chi connectivity index (χ0v) is 11.4. The summed E-state index contributed by atoms with van der Waals surface area (Å²) >= 11 is 1.52. The van der Waals surface area contributed by atoms with Crippen LogP contribution >= 0.6 is 11.8 Å². The first-order valence-electron chi connectivity index (χ1n) is 6.02. The minimum atomic E-state index is 0.620. The quantitative estimate of drug-likeness (QED) is 0.586. The van der Waals surface area contributed by atoms with E-state index in [1.54, 1.807) is 12.1 Å². The van der Waals surface area contributed by atoms with E-state index in [-0.39, 0.29) is 0 Å². The summed E-state index contributed by atoms with van der Waals surface area (Å²) in [6.07, 6.45) is 0. The van der Waals surface area contributed by atoms with E-state index >= 15 is 0 Å². The maximum absolute atomic E-state index is 8.75. The first-order valence-corrected chi connectivity index (χ1v) is 7.01. The molecule has 2 aromatic carbocycles. The summed E-state index contributed by atoms with van der Waals surface area (Å²) in [6.45, 7) is 0. The lowest BCUT2D eigenvalue weighted by atomic mass is 10.2. The number of thioether (sulfide) groups is 1. The largest absolute Gasteiger partial charge is 0.431 e. The fourth-order valence-electron chi connectivity index (χ4n) is 1.81. The molecule has 0 saturated heterocycles. The Morgan fingerprint density at radius 3 is 2.75 bits per heavy atom. The molecule has 0 spiro atoms. The lowest BCUT2D eigenvalue weighted by Crippen LogP contribution is -1.82. The molecule has 0 fully saturated rings. The Morgan fingerprint density at radius 2 is 2.00 bits per heavy atom. The summed E-state index contributed by atoms with van der Waals surface area (Å²) in [5, 5.41) is 9.37. The van der Waals surface area contributed by atoms with E-state index in [4.69, 9.17) is 15.4 Å². The SMILES string of the molecule is N#Cc1ccc(CSc2nc3cc(N)ccc3o2)cc1. The Kier molecular flexibility index (Phi) is 3.32. The molecule has 3 aromatic rings. The normalized spacial score (nSPS) is 10.6. The number of rotatable bonds is 3. The number of aromatic nitrogens is 1. The van der Waals surface area contributed by atoms with Gasteiger partial charge in [-0.15, -0.1) is 0 Å². The molecule has 0 aliphatic carbocycles. The van der Waals surface area contributed by atoms with Crippen molar-refractivity contribution in [2.24, 2.45) is 0 Å². The van der Waals surface area contributed by atoms with Gasteiger partial charge in [-0.1, -0.05) is 23.9 Å². The van der Waals surface area contributed by atoms with Gasteiger partial charge in [0.25, 0.3) is 5.22 Å². The van der Waals surface area contributed by atoms with Crippen LogP contribution < -0.4 is 5.73 Å². The van der Waals surface area contributed by atoms with Crippen LogP contribution in [0.1, 0.15) is 11.1 Å². The van der Waals surface area contributed by atoms with Crippen LogP contribution in [0.3, 0.4) is 0 Å². The molecule has 1 aromatic heterocycles. The highest BCUT2D eigenvalue weighted by Gasteiger charge is 2.07. The van der Waals surface area contributed by atoms with Crippen molar-refractivity contribution >= 4 is 28.5 Å². The van der Waals surface area contributed by atoms with Crippen LogP contribution in [0.25, 0.3) is 11.1 Å². The number of nitrogens with two attached hydrogens (primary N) is 1. The van der Waals surface area contributed by atoms with Gasteiger partial charge in [-0.05, 0) is 35.9 Å². The molecule has 4 nitrogen and oxygen atoms in total. The standard InChI is InChI=1S/C15H11N3OS/c16-8-10-1-3-11(4-2-10)9-20-15-18-13-7-12(17)5-6-14(13)19-15/h1-7H,9,17H2. The Balaban J connectivity index is 1.74. The third kappa shape index (κ3) is 2.60. The molecule has 0 aliphatic rings. The predicted molar refractivity (Wildman–Crippen MR) is 79.1 cm³/mol. The van der Waals surface area contributed by atoms with Crippen molar-refractivity contribution in [3.8, 4) is 6.07 Å². The van der Waals surface area contributed by atoms with Crippen LogP contribution in [0.4, 0.5) is 5.69 Å². The highest BCUT2D eigenvalue weighted by molar-refractivity contribution is 7.98. The molecule has 20 heavy (non-hydrogen) atoms. The fourth-order valence-corrected chi connectivity index (χ4v) is 2.60. The summed E-state index contributed by atoms with van der Waals surface area (Å²) in [5.41, 5.74) is 9.68. The highest BCUT2D eigenvalue weighted by Crippen LogP contribution is 2.27. The molecule has 0 unspecified atom stereocenters. The van der Waals surface area contributed by atoms with Crippen LogP contribution in [-0.2, 0) is 5.75 Å². The lowest BCUT2D eigenvalue weighted by Gasteiger charge is -1.97. The van der Waals surface area contributed by atoms with Crippen molar-refractivity contribution in [1.82, 2.24) is 4.98 Å². The van der Waals surface area contributed by atoms with Gasteiger partial charge < -0.3 is 10.2 Å². The smallest absolute Gasteiger partial charge is 0.257 e. The first kappa shape index (κ1) is 12.6. The zero-order valence-electron chi connectivity index (χ0n) is 10.5. The van der Waals surface area contributed by atoms with E-state index in [9.17, 15) is 0 Å². The van der Waals surface area contributed by atoms with Crippen molar-refractivity contribution in [2.45, 2.75) is 11.0 Å². The Bertz CT molecular complexity index is 787. The van der Waals surface area contributed by atoms with Gasteiger partial charge in [0, 0.05) is 11.4 Å². The predicted octanol–water partition coefficient (Wildman–Crippen LogP) is 3.57. The second kappa shape index (κ2) is 5.27. The molecule has 0 aliphatic heterocycles. The van der Waals surface area contributed by atoms with E-state index in [1.807, 2.05) is 30.3 Å². The molecule has 5 heteroatoms. The van der Waals surface area contributed by atoms with E-state index in [2.05, 4.69) is 11.1 Å². The van der Waals surface area contributed by atoms with Gasteiger partial charge in [-0.2, -0.15) is 5.26 Å². The van der Waals surface area contributed by atoms with Crippen molar-refractivity contribution in [2.75, 3.05) is 5.73 Å². The van der Waals surface area contributed by atoms with Gasteiger partial charge >= 0.3 is 0 Å². The van der Waals surface area contributed by atoms with Crippen molar-refractivity contribution < 1.29 is 4.42 Å². The summed E-state index contributed by atoms with van der Waals surface area (Å²) in [6, 6.07) is 15.0. The Morgan fingerprint density at radius 1 is 1.20 bits per heavy atom. The minimum Gasteiger partial charge on any atom is -0.431 e. The lowest BCUT2D eigenvalue weighted by molar-refractivity contribution is 0.489. The number of nitrogens with zero attached hydrogens (tertiary/aromatic N) is 2. The van der Waals surface area contributed by atoms with Crippen LogP contribution in [0.2, 0.25) is 0 Å². The molecule has 0 bridgehead atoms. The summed E-state index contributed by atoms with van der Waals surface area (Å²) < 4.78 is 5.63. The minimum absolute atomic E-state index is 0.620. The molecule has 1 heterocycles. The third-order valence-electron chi connectivity index (χ3n) is 2.84. The van der Waals surface area contributed by atoms with Crippen LogP contribution in [0.5, 0.6) is 0 Å². The third-order valence-corrected chi connectivity index (χ3v) is 3.74. The molecular formula is C15H11N3OS. The molecule has 2 N–H and O–H groups in total. The van der Waals surface area contributed by atoms with Crippen LogP contribution in [-0.4, -0.2) is 4.98 Å². The van der Waals surface area contributed by atoms with Gasteiger partial charge in [0.1, 0.15) is 5.52 Å². The molecule has 0 atom stereocenters. The maximum atomic E-state index is 8.75. The second-order valence-electron chi connectivity index (χ2n) is 4.30. The molecular weight excluding hydrogens is 270 g/mol. The van der Waals surface area contributed by atoms with E-state index in [1.165, 1.54) is 11.8 Å².